The molecule has 2 N–H and O–H groups in total. The Morgan fingerprint density at radius 1 is 1.22 bits per heavy atom. The summed E-state index contributed by atoms with van der Waals surface area (Å²) in [5, 5.41) is 6.26. The third-order valence-corrected chi connectivity index (χ3v) is 5.21. The highest BCUT2D eigenvalue weighted by atomic mass is 79.9. The Morgan fingerprint density at radius 2 is 1.96 bits per heavy atom. The Hall–Kier alpha value is -1.72. The van der Waals surface area contributed by atoms with Crippen LogP contribution in [0.5, 0.6) is 5.75 Å². The van der Waals surface area contributed by atoms with Gasteiger partial charge >= 0.3 is 6.03 Å². The van der Waals surface area contributed by atoms with Crippen LogP contribution in [-0.2, 0) is 5.41 Å². The molecule has 146 valence electrons. The smallest absolute Gasteiger partial charge is 0.319 e. The first-order valence-electron chi connectivity index (χ1n) is 8.91. The number of urea groups is 1. The van der Waals surface area contributed by atoms with E-state index in [4.69, 9.17) is 16.3 Å². The second-order valence-corrected chi connectivity index (χ2v) is 8.65. The van der Waals surface area contributed by atoms with Gasteiger partial charge in [0.2, 0.25) is 0 Å². The van der Waals surface area contributed by atoms with Gasteiger partial charge in [0.15, 0.2) is 0 Å². The summed E-state index contributed by atoms with van der Waals surface area (Å²) in [6.45, 7) is 9.44. The minimum absolute atomic E-state index is 0.0969. The minimum atomic E-state index is -0.254. The van der Waals surface area contributed by atoms with Crippen LogP contribution >= 0.6 is 27.5 Å². The molecule has 0 radical (unpaired) electrons. The number of benzene rings is 2. The van der Waals surface area contributed by atoms with E-state index in [2.05, 4.69) is 59.5 Å². The Bertz CT molecular complexity index is 803. The summed E-state index contributed by atoms with van der Waals surface area (Å²) in [6, 6.07) is 11.3. The lowest BCUT2D eigenvalue weighted by Crippen LogP contribution is -2.30. The van der Waals surface area contributed by atoms with Gasteiger partial charge in [0.25, 0.3) is 0 Å². The highest BCUT2D eigenvalue weighted by Gasteiger charge is 2.15. The molecular formula is C21H26BrClN2O2. The Morgan fingerprint density at radius 3 is 2.63 bits per heavy atom. The molecule has 27 heavy (non-hydrogen) atoms. The summed E-state index contributed by atoms with van der Waals surface area (Å²) >= 11 is 9.62. The molecule has 2 amide bonds. The van der Waals surface area contributed by atoms with Crippen molar-refractivity contribution in [2.24, 2.45) is 0 Å². The van der Waals surface area contributed by atoms with Gasteiger partial charge in [-0.25, -0.2) is 4.79 Å². The number of rotatable bonds is 6. The van der Waals surface area contributed by atoms with Crippen LogP contribution in [0.4, 0.5) is 10.5 Å². The number of anilines is 1. The zero-order valence-electron chi connectivity index (χ0n) is 16.2. The molecule has 2 rings (SSSR count). The van der Waals surface area contributed by atoms with Gasteiger partial charge in [0.1, 0.15) is 5.75 Å². The fourth-order valence-electron chi connectivity index (χ4n) is 2.45. The number of nitrogens with one attached hydrogen (secondary N) is 2. The Balaban J connectivity index is 1.74. The van der Waals surface area contributed by atoms with Gasteiger partial charge in [-0.2, -0.15) is 0 Å². The maximum absolute atomic E-state index is 12.0. The van der Waals surface area contributed by atoms with Gasteiger partial charge in [-0.1, -0.05) is 44.5 Å². The van der Waals surface area contributed by atoms with Crippen molar-refractivity contribution in [2.45, 2.75) is 39.5 Å². The summed E-state index contributed by atoms with van der Waals surface area (Å²) in [7, 11) is 0. The lowest BCUT2D eigenvalue weighted by Gasteiger charge is -2.20. The number of ether oxygens (including phenoxy) is 1. The monoisotopic (exact) mass is 452 g/mol. The highest BCUT2D eigenvalue weighted by molar-refractivity contribution is 9.10. The van der Waals surface area contributed by atoms with Gasteiger partial charge in [-0.15, -0.1) is 0 Å². The van der Waals surface area contributed by atoms with Crippen LogP contribution in [0.25, 0.3) is 0 Å². The first-order chi connectivity index (χ1) is 12.7. The highest BCUT2D eigenvalue weighted by Crippen LogP contribution is 2.31. The van der Waals surface area contributed by atoms with E-state index in [1.165, 1.54) is 5.56 Å². The van der Waals surface area contributed by atoms with Gasteiger partial charge in [0.05, 0.1) is 11.1 Å². The predicted octanol–water partition coefficient (Wildman–Crippen LogP) is 6.30. The third kappa shape index (κ3) is 6.43. The maximum Gasteiger partial charge on any atom is 0.319 e. The molecule has 0 saturated heterocycles. The standard InChI is InChI=1S/C21H26BrClN2O2/c1-14-17(23)7-5-8-18(14)25-20(26)24-11-6-12-27-19-10-9-15(13-16(19)22)21(2,3)4/h5,7-10,13H,6,11-12H2,1-4H3,(H2,24,25,26). The number of hydrogen-bond acceptors (Lipinski definition) is 2. The van der Waals surface area contributed by atoms with Gasteiger partial charge in [-0.3, -0.25) is 0 Å². The van der Waals surface area contributed by atoms with Crippen molar-refractivity contribution < 1.29 is 9.53 Å². The molecule has 6 heteroatoms. The van der Waals surface area contributed by atoms with Crippen LogP contribution in [0.2, 0.25) is 5.02 Å². The molecule has 0 heterocycles. The summed E-state index contributed by atoms with van der Waals surface area (Å²) < 4.78 is 6.75. The number of halogens is 2. The average Bonchev–Trinajstić information content (AvgIpc) is 2.59. The topological polar surface area (TPSA) is 50.4 Å². The summed E-state index contributed by atoms with van der Waals surface area (Å²) in [5.41, 5.74) is 2.90. The first kappa shape index (κ1) is 21.6. The summed E-state index contributed by atoms with van der Waals surface area (Å²) in [4.78, 5) is 12.0. The number of hydrogen-bond donors (Lipinski definition) is 2. The molecule has 0 aliphatic heterocycles. The number of carbonyl (C=O) groups excluding carboxylic acids is 1. The molecule has 0 aliphatic carbocycles. The van der Waals surface area contributed by atoms with Gasteiger partial charge in [-0.05, 0) is 70.1 Å². The SMILES string of the molecule is Cc1c(Cl)cccc1NC(=O)NCCCOc1ccc(C(C)(C)C)cc1Br. The molecule has 2 aromatic rings. The summed E-state index contributed by atoms with van der Waals surface area (Å²) in [5.74, 6) is 0.807. The van der Waals surface area contributed by atoms with Crippen molar-refractivity contribution in [1.29, 1.82) is 0 Å². The molecule has 0 aliphatic rings. The third-order valence-electron chi connectivity index (χ3n) is 4.18. The Labute approximate surface area is 174 Å². The van der Waals surface area contributed by atoms with Crippen molar-refractivity contribution in [1.82, 2.24) is 5.32 Å². The molecular weight excluding hydrogens is 428 g/mol. The molecule has 0 aromatic heterocycles. The quantitative estimate of drug-likeness (QED) is 0.504. The van der Waals surface area contributed by atoms with E-state index >= 15 is 0 Å². The fraction of sp³-hybridized carbons (Fsp3) is 0.381. The van der Waals surface area contributed by atoms with E-state index in [0.29, 0.717) is 30.3 Å². The lowest BCUT2D eigenvalue weighted by molar-refractivity contribution is 0.250. The van der Waals surface area contributed by atoms with Crippen LogP contribution in [0, 0.1) is 6.92 Å². The normalized spacial score (nSPS) is 11.2. The van der Waals surface area contributed by atoms with Crippen molar-refractivity contribution in [3.63, 3.8) is 0 Å². The van der Waals surface area contributed by atoms with Crippen molar-refractivity contribution in [3.05, 3.63) is 57.0 Å². The molecule has 0 fully saturated rings. The van der Waals surface area contributed by atoms with E-state index in [1.807, 2.05) is 25.1 Å². The summed E-state index contributed by atoms with van der Waals surface area (Å²) in [6.07, 6.45) is 0.704. The molecule has 0 atom stereocenters. The second kappa shape index (κ2) is 9.47. The molecule has 0 saturated carbocycles. The Kier molecular flexibility index (Phi) is 7.57. The fourth-order valence-corrected chi connectivity index (χ4v) is 3.12. The van der Waals surface area contributed by atoms with Crippen LogP contribution in [0.15, 0.2) is 40.9 Å². The van der Waals surface area contributed by atoms with Crippen molar-refractivity contribution in [3.8, 4) is 5.75 Å². The van der Waals surface area contributed by atoms with E-state index in [0.717, 1.165) is 15.8 Å². The lowest BCUT2D eigenvalue weighted by atomic mass is 9.87. The predicted molar refractivity (Wildman–Crippen MR) is 116 cm³/mol. The molecule has 0 spiro atoms. The van der Waals surface area contributed by atoms with Crippen molar-refractivity contribution >= 4 is 39.2 Å². The number of carbonyl (C=O) groups is 1. The van der Waals surface area contributed by atoms with Crippen LogP contribution in [0.3, 0.4) is 0 Å². The zero-order valence-corrected chi connectivity index (χ0v) is 18.5. The average molecular weight is 454 g/mol. The largest absolute Gasteiger partial charge is 0.492 e. The maximum atomic E-state index is 12.0. The zero-order chi connectivity index (χ0) is 20.0. The minimum Gasteiger partial charge on any atom is -0.492 e. The van der Waals surface area contributed by atoms with Gasteiger partial charge < -0.3 is 15.4 Å². The van der Waals surface area contributed by atoms with Crippen LogP contribution in [-0.4, -0.2) is 19.2 Å². The van der Waals surface area contributed by atoms with E-state index in [9.17, 15) is 4.79 Å². The van der Waals surface area contributed by atoms with E-state index < -0.39 is 0 Å². The van der Waals surface area contributed by atoms with Crippen LogP contribution < -0.4 is 15.4 Å². The van der Waals surface area contributed by atoms with Gasteiger partial charge in [0, 0.05) is 17.3 Å². The first-order valence-corrected chi connectivity index (χ1v) is 10.1. The molecule has 4 nitrogen and oxygen atoms in total. The van der Waals surface area contributed by atoms with E-state index in [-0.39, 0.29) is 11.4 Å². The molecule has 0 unspecified atom stereocenters. The molecule has 0 bridgehead atoms. The van der Waals surface area contributed by atoms with E-state index in [1.54, 1.807) is 6.07 Å². The molecule has 2 aromatic carbocycles. The second-order valence-electron chi connectivity index (χ2n) is 7.39. The number of amides is 2. The van der Waals surface area contributed by atoms with Crippen LogP contribution in [0.1, 0.15) is 38.3 Å². The van der Waals surface area contributed by atoms with Crippen molar-refractivity contribution in [2.75, 3.05) is 18.5 Å².